The predicted molar refractivity (Wildman–Crippen MR) is 69.2 cm³/mol. The minimum atomic E-state index is -0.360. The Bertz CT molecular complexity index is 392. The van der Waals surface area contributed by atoms with Crippen molar-refractivity contribution in [1.82, 2.24) is 9.88 Å². The molecule has 1 saturated heterocycles. The summed E-state index contributed by atoms with van der Waals surface area (Å²) in [5.74, 6) is 0.0581. The number of aliphatic hydroxyl groups is 1. The van der Waals surface area contributed by atoms with Crippen LogP contribution in [0.2, 0.25) is 0 Å². The molecule has 1 amide bonds. The highest BCUT2D eigenvalue weighted by Gasteiger charge is 2.28. The summed E-state index contributed by atoms with van der Waals surface area (Å²) in [5.41, 5.74) is 0.683. The molecule has 1 fully saturated rings. The van der Waals surface area contributed by atoms with Crippen molar-refractivity contribution >= 4 is 5.91 Å². The van der Waals surface area contributed by atoms with Gasteiger partial charge >= 0.3 is 0 Å². The van der Waals surface area contributed by atoms with E-state index in [-0.39, 0.29) is 18.1 Å². The van der Waals surface area contributed by atoms with E-state index in [9.17, 15) is 9.90 Å². The fraction of sp³-hybridized carbons (Fsp3) is 0.571. The van der Waals surface area contributed by atoms with Crippen LogP contribution in [-0.4, -0.2) is 39.6 Å². The fourth-order valence-corrected chi connectivity index (χ4v) is 2.57. The number of nitrogens with zero attached hydrogens (tertiary/aromatic N) is 2. The van der Waals surface area contributed by atoms with Crippen LogP contribution in [0.1, 0.15) is 43.0 Å². The van der Waals surface area contributed by atoms with Gasteiger partial charge in [-0.15, -0.1) is 0 Å². The van der Waals surface area contributed by atoms with E-state index in [0.717, 1.165) is 25.8 Å². The van der Waals surface area contributed by atoms with Gasteiger partial charge in [0.1, 0.15) is 0 Å². The molecule has 0 radical (unpaired) electrons. The number of aliphatic hydroxyl groups excluding tert-OH is 1. The van der Waals surface area contributed by atoms with Crippen molar-refractivity contribution in [2.45, 2.75) is 44.8 Å². The Labute approximate surface area is 108 Å². The SMILES string of the molecule is CC(O)CC1CCCCN1C(=O)c1ccncc1. The van der Waals surface area contributed by atoms with Crippen LogP contribution in [-0.2, 0) is 0 Å². The van der Waals surface area contributed by atoms with Crippen LogP contribution in [0.25, 0.3) is 0 Å². The van der Waals surface area contributed by atoms with Gasteiger partial charge in [-0.1, -0.05) is 0 Å². The summed E-state index contributed by atoms with van der Waals surface area (Å²) in [4.78, 5) is 18.2. The quantitative estimate of drug-likeness (QED) is 0.888. The minimum Gasteiger partial charge on any atom is -0.393 e. The average Bonchev–Trinajstić information content (AvgIpc) is 2.39. The number of pyridine rings is 1. The van der Waals surface area contributed by atoms with Crippen LogP contribution in [0.5, 0.6) is 0 Å². The third kappa shape index (κ3) is 3.07. The Hall–Kier alpha value is -1.42. The number of hydrogen-bond acceptors (Lipinski definition) is 3. The molecule has 2 atom stereocenters. The highest BCUT2D eigenvalue weighted by Crippen LogP contribution is 2.22. The fourth-order valence-electron chi connectivity index (χ4n) is 2.57. The Morgan fingerprint density at radius 3 is 2.89 bits per heavy atom. The van der Waals surface area contributed by atoms with E-state index in [1.54, 1.807) is 31.5 Å². The lowest BCUT2D eigenvalue weighted by Gasteiger charge is -2.36. The number of aromatic nitrogens is 1. The molecule has 1 aliphatic rings. The normalized spacial score (nSPS) is 21.7. The second-order valence-electron chi connectivity index (χ2n) is 4.97. The smallest absolute Gasteiger partial charge is 0.254 e. The Balaban J connectivity index is 2.11. The lowest BCUT2D eigenvalue weighted by molar-refractivity contribution is 0.0515. The van der Waals surface area contributed by atoms with Gasteiger partial charge < -0.3 is 10.0 Å². The largest absolute Gasteiger partial charge is 0.393 e. The van der Waals surface area contributed by atoms with Crippen molar-refractivity contribution in [3.05, 3.63) is 30.1 Å². The van der Waals surface area contributed by atoms with Gasteiger partial charge in [0.15, 0.2) is 0 Å². The Morgan fingerprint density at radius 1 is 1.50 bits per heavy atom. The van der Waals surface area contributed by atoms with Crippen molar-refractivity contribution in [2.75, 3.05) is 6.54 Å². The molecule has 0 spiro atoms. The first-order valence-corrected chi connectivity index (χ1v) is 6.57. The van der Waals surface area contributed by atoms with E-state index in [1.165, 1.54) is 0 Å². The first kappa shape index (κ1) is 13.0. The van der Waals surface area contributed by atoms with Crippen LogP contribution in [0.3, 0.4) is 0 Å². The van der Waals surface area contributed by atoms with Crippen LogP contribution in [0.15, 0.2) is 24.5 Å². The minimum absolute atomic E-state index is 0.0581. The maximum absolute atomic E-state index is 12.4. The zero-order chi connectivity index (χ0) is 13.0. The van der Waals surface area contributed by atoms with Gasteiger partial charge in [0.2, 0.25) is 0 Å². The summed E-state index contributed by atoms with van der Waals surface area (Å²) in [6.45, 7) is 2.57. The first-order chi connectivity index (χ1) is 8.68. The molecule has 0 bridgehead atoms. The molecule has 0 saturated carbocycles. The lowest BCUT2D eigenvalue weighted by Crippen LogP contribution is -2.45. The summed E-state index contributed by atoms with van der Waals surface area (Å²) in [7, 11) is 0. The van der Waals surface area contributed by atoms with Crippen LogP contribution in [0.4, 0.5) is 0 Å². The average molecular weight is 248 g/mol. The van der Waals surface area contributed by atoms with Gasteiger partial charge in [-0.2, -0.15) is 0 Å². The molecule has 4 heteroatoms. The molecular weight excluding hydrogens is 228 g/mol. The number of rotatable bonds is 3. The number of hydrogen-bond donors (Lipinski definition) is 1. The molecule has 2 rings (SSSR count). The number of carbonyl (C=O) groups excluding carboxylic acids is 1. The third-order valence-corrected chi connectivity index (χ3v) is 3.43. The van der Waals surface area contributed by atoms with Crippen LogP contribution >= 0.6 is 0 Å². The summed E-state index contributed by atoms with van der Waals surface area (Å²) in [6.07, 6.45) is 6.76. The molecule has 1 N–H and O–H groups in total. The molecule has 18 heavy (non-hydrogen) atoms. The van der Waals surface area contributed by atoms with Crippen LogP contribution < -0.4 is 0 Å². The maximum Gasteiger partial charge on any atom is 0.254 e. The topological polar surface area (TPSA) is 53.4 Å². The third-order valence-electron chi connectivity index (χ3n) is 3.43. The zero-order valence-electron chi connectivity index (χ0n) is 10.7. The van der Waals surface area contributed by atoms with Gasteiger partial charge in [-0.05, 0) is 44.7 Å². The molecule has 0 aliphatic carbocycles. The lowest BCUT2D eigenvalue weighted by atomic mass is 9.96. The van der Waals surface area contributed by atoms with Gasteiger partial charge in [-0.25, -0.2) is 0 Å². The number of piperidine rings is 1. The van der Waals surface area contributed by atoms with Crippen molar-refractivity contribution in [2.24, 2.45) is 0 Å². The molecule has 1 aliphatic heterocycles. The van der Waals surface area contributed by atoms with Crippen molar-refractivity contribution in [3.63, 3.8) is 0 Å². The van der Waals surface area contributed by atoms with Gasteiger partial charge in [0.25, 0.3) is 5.91 Å². The Morgan fingerprint density at radius 2 is 2.22 bits per heavy atom. The van der Waals surface area contributed by atoms with E-state index in [4.69, 9.17) is 0 Å². The van der Waals surface area contributed by atoms with E-state index in [1.807, 2.05) is 4.90 Å². The second kappa shape index (κ2) is 5.96. The van der Waals surface area contributed by atoms with E-state index in [0.29, 0.717) is 12.0 Å². The first-order valence-electron chi connectivity index (χ1n) is 6.57. The Kier molecular flexibility index (Phi) is 4.31. The summed E-state index contributed by atoms with van der Waals surface area (Å²) in [5, 5.41) is 9.53. The molecule has 98 valence electrons. The monoisotopic (exact) mass is 248 g/mol. The number of amides is 1. The molecule has 1 aromatic rings. The molecular formula is C14H20N2O2. The number of likely N-dealkylation sites (tertiary alicyclic amines) is 1. The number of carbonyl (C=O) groups is 1. The van der Waals surface area contributed by atoms with Gasteiger partial charge in [-0.3, -0.25) is 9.78 Å². The van der Waals surface area contributed by atoms with Crippen molar-refractivity contribution in [3.8, 4) is 0 Å². The van der Waals surface area contributed by atoms with E-state index < -0.39 is 0 Å². The standard InChI is InChI=1S/C14H20N2O2/c1-11(17)10-13-4-2-3-9-16(13)14(18)12-5-7-15-8-6-12/h5-8,11,13,17H,2-4,9-10H2,1H3. The predicted octanol–water partition coefficient (Wildman–Crippen LogP) is 1.85. The maximum atomic E-state index is 12.4. The molecule has 1 aromatic heterocycles. The van der Waals surface area contributed by atoms with Gasteiger partial charge in [0, 0.05) is 30.5 Å². The summed E-state index contributed by atoms with van der Waals surface area (Å²) >= 11 is 0. The highest BCUT2D eigenvalue weighted by molar-refractivity contribution is 5.94. The van der Waals surface area contributed by atoms with Crippen molar-refractivity contribution in [1.29, 1.82) is 0 Å². The van der Waals surface area contributed by atoms with Gasteiger partial charge in [0.05, 0.1) is 6.10 Å². The van der Waals surface area contributed by atoms with E-state index in [2.05, 4.69) is 4.98 Å². The zero-order valence-corrected chi connectivity index (χ0v) is 10.7. The highest BCUT2D eigenvalue weighted by atomic mass is 16.3. The molecule has 0 aromatic carbocycles. The summed E-state index contributed by atoms with van der Waals surface area (Å²) in [6, 6.07) is 3.66. The molecule has 2 heterocycles. The van der Waals surface area contributed by atoms with Crippen LogP contribution in [0, 0.1) is 0 Å². The van der Waals surface area contributed by atoms with E-state index >= 15 is 0 Å². The summed E-state index contributed by atoms with van der Waals surface area (Å²) < 4.78 is 0. The molecule has 2 unspecified atom stereocenters. The second-order valence-corrected chi connectivity index (χ2v) is 4.97. The van der Waals surface area contributed by atoms with Crippen molar-refractivity contribution < 1.29 is 9.90 Å². The molecule has 4 nitrogen and oxygen atoms in total.